The van der Waals surface area contributed by atoms with Crippen LogP contribution in [0.15, 0.2) is 60.7 Å². The number of carbonyl (C=O) groups excluding carboxylic acids is 1. The van der Waals surface area contributed by atoms with Crippen LogP contribution < -0.4 is 24.8 Å². The minimum Gasteiger partial charge on any atom is -0.493 e. The highest BCUT2D eigenvalue weighted by Crippen LogP contribution is 2.37. The van der Waals surface area contributed by atoms with Gasteiger partial charge in [0.15, 0.2) is 29.0 Å². The predicted molar refractivity (Wildman–Crippen MR) is 143 cm³/mol. The molecule has 0 saturated carbocycles. The van der Waals surface area contributed by atoms with Crippen molar-refractivity contribution >= 4 is 32.6 Å². The maximum atomic E-state index is 12.2. The number of anilines is 1. The standard InChI is InChI=1S/C27H26N4O6S/c1-35-21-13-20-23(14-22(21)36-2)38-27(30-20)31-26(34)24(37-19-9-3-16(15-28)4-10-19)17-5-7-18(8-6-17)25(33)29-11-12-32/h3-10,13-14,24,26,32,34H,11-12H2,1-2H3,(H,29,33)(H,30,31). The van der Waals surface area contributed by atoms with Crippen molar-refractivity contribution in [3.63, 3.8) is 0 Å². The highest BCUT2D eigenvalue weighted by molar-refractivity contribution is 7.22. The van der Waals surface area contributed by atoms with Crippen molar-refractivity contribution in [2.24, 2.45) is 0 Å². The summed E-state index contributed by atoms with van der Waals surface area (Å²) < 4.78 is 17.7. The summed E-state index contributed by atoms with van der Waals surface area (Å²) in [5, 5.41) is 35.3. The number of benzene rings is 3. The summed E-state index contributed by atoms with van der Waals surface area (Å²) >= 11 is 1.33. The topological polar surface area (TPSA) is 146 Å². The third kappa shape index (κ3) is 6.12. The molecule has 38 heavy (non-hydrogen) atoms. The summed E-state index contributed by atoms with van der Waals surface area (Å²) in [5.41, 5.74) is 2.14. The Hall–Kier alpha value is -4.37. The van der Waals surface area contributed by atoms with Crippen LogP contribution in [0.1, 0.15) is 27.6 Å². The fourth-order valence-corrected chi connectivity index (χ4v) is 4.59. The lowest BCUT2D eigenvalue weighted by atomic mass is 10.0. The van der Waals surface area contributed by atoms with E-state index in [-0.39, 0.29) is 19.1 Å². The smallest absolute Gasteiger partial charge is 0.251 e. The summed E-state index contributed by atoms with van der Waals surface area (Å²) in [4.78, 5) is 16.8. The molecule has 0 bridgehead atoms. The summed E-state index contributed by atoms with van der Waals surface area (Å²) in [6.45, 7) is -0.0128. The van der Waals surface area contributed by atoms with Crippen LogP contribution in [0.4, 0.5) is 5.13 Å². The van der Waals surface area contributed by atoms with Crippen LogP contribution in [0.5, 0.6) is 17.2 Å². The van der Waals surface area contributed by atoms with Crippen molar-refractivity contribution in [3.8, 4) is 23.3 Å². The van der Waals surface area contributed by atoms with Gasteiger partial charge in [-0.2, -0.15) is 5.26 Å². The molecule has 196 valence electrons. The van der Waals surface area contributed by atoms with Crippen molar-refractivity contribution in [1.29, 1.82) is 5.26 Å². The van der Waals surface area contributed by atoms with E-state index in [1.54, 1.807) is 68.8 Å². The van der Waals surface area contributed by atoms with Crippen LogP contribution in [-0.4, -0.2) is 54.7 Å². The number of thiazole rings is 1. The average molecular weight is 535 g/mol. The molecule has 10 nitrogen and oxygen atoms in total. The van der Waals surface area contributed by atoms with Crippen LogP contribution in [0.25, 0.3) is 10.2 Å². The second kappa shape index (κ2) is 12.2. The molecular weight excluding hydrogens is 508 g/mol. The number of ether oxygens (including phenoxy) is 3. The second-order valence-electron chi connectivity index (χ2n) is 8.06. The molecule has 0 aliphatic rings. The first-order valence-electron chi connectivity index (χ1n) is 11.6. The lowest BCUT2D eigenvalue weighted by Gasteiger charge is -2.25. The van der Waals surface area contributed by atoms with Crippen molar-refractivity contribution in [2.45, 2.75) is 12.3 Å². The van der Waals surface area contributed by atoms with Gasteiger partial charge in [-0.15, -0.1) is 0 Å². The van der Waals surface area contributed by atoms with Crippen LogP contribution >= 0.6 is 11.3 Å². The summed E-state index contributed by atoms with van der Waals surface area (Å²) in [6.07, 6.45) is -2.13. The third-order valence-corrected chi connectivity index (χ3v) is 6.55. The van der Waals surface area contributed by atoms with E-state index < -0.39 is 12.3 Å². The van der Waals surface area contributed by atoms with Gasteiger partial charge in [-0.1, -0.05) is 23.5 Å². The number of nitriles is 1. The van der Waals surface area contributed by atoms with Gasteiger partial charge >= 0.3 is 0 Å². The van der Waals surface area contributed by atoms with E-state index in [2.05, 4.69) is 21.7 Å². The highest BCUT2D eigenvalue weighted by atomic mass is 32.1. The quantitative estimate of drug-likeness (QED) is 0.213. The Kier molecular flexibility index (Phi) is 8.60. The number of aliphatic hydroxyl groups excluding tert-OH is 2. The first-order chi connectivity index (χ1) is 18.4. The number of fused-ring (bicyclic) bond motifs is 1. The number of nitrogens with one attached hydrogen (secondary N) is 2. The molecule has 0 radical (unpaired) electrons. The van der Waals surface area contributed by atoms with Crippen LogP contribution in [-0.2, 0) is 0 Å². The number of rotatable bonds is 11. The number of aromatic nitrogens is 1. The van der Waals surface area contributed by atoms with Gasteiger partial charge in [0.1, 0.15) is 5.75 Å². The molecule has 1 amide bonds. The summed E-state index contributed by atoms with van der Waals surface area (Å²) in [6, 6.07) is 18.7. The molecule has 0 saturated heterocycles. The Balaban J connectivity index is 1.61. The SMILES string of the molecule is COc1cc2nc(NC(O)C(Oc3ccc(C#N)cc3)c3ccc(C(=O)NCCO)cc3)sc2cc1OC. The molecule has 4 aromatic rings. The third-order valence-electron chi connectivity index (χ3n) is 5.60. The number of amides is 1. The number of carbonyl (C=O) groups is 1. The Morgan fingerprint density at radius 2 is 1.76 bits per heavy atom. The molecule has 2 unspecified atom stereocenters. The van der Waals surface area contributed by atoms with Gasteiger partial charge in [0.25, 0.3) is 5.91 Å². The van der Waals surface area contributed by atoms with E-state index in [1.807, 2.05) is 6.07 Å². The number of methoxy groups -OCH3 is 2. The van der Waals surface area contributed by atoms with E-state index in [9.17, 15) is 9.90 Å². The highest BCUT2D eigenvalue weighted by Gasteiger charge is 2.25. The van der Waals surface area contributed by atoms with E-state index in [4.69, 9.17) is 24.6 Å². The molecule has 0 fully saturated rings. The van der Waals surface area contributed by atoms with E-state index >= 15 is 0 Å². The molecule has 0 aliphatic heterocycles. The minimum atomic E-state index is -1.23. The normalized spacial score (nSPS) is 12.3. The van der Waals surface area contributed by atoms with Gasteiger partial charge in [-0.3, -0.25) is 4.79 Å². The number of hydrogen-bond acceptors (Lipinski definition) is 10. The molecule has 11 heteroatoms. The molecule has 0 aliphatic carbocycles. The van der Waals surface area contributed by atoms with Gasteiger partial charge in [0.05, 0.1) is 42.7 Å². The van der Waals surface area contributed by atoms with Gasteiger partial charge in [0.2, 0.25) is 0 Å². The Labute approximate surface area is 223 Å². The Bertz CT molecular complexity index is 1390. The van der Waals surface area contributed by atoms with Gasteiger partial charge in [0, 0.05) is 24.2 Å². The second-order valence-corrected chi connectivity index (χ2v) is 9.09. The van der Waals surface area contributed by atoms with E-state index in [0.717, 1.165) is 4.70 Å². The van der Waals surface area contributed by atoms with Crippen LogP contribution in [0, 0.1) is 11.3 Å². The fourth-order valence-electron chi connectivity index (χ4n) is 3.68. The van der Waals surface area contributed by atoms with Gasteiger partial charge in [-0.25, -0.2) is 4.98 Å². The van der Waals surface area contributed by atoms with Crippen LogP contribution in [0.3, 0.4) is 0 Å². The average Bonchev–Trinajstić information content (AvgIpc) is 3.35. The summed E-state index contributed by atoms with van der Waals surface area (Å²) in [5.74, 6) is 1.23. The zero-order valence-electron chi connectivity index (χ0n) is 20.7. The first-order valence-corrected chi connectivity index (χ1v) is 12.4. The molecule has 0 spiro atoms. The van der Waals surface area contributed by atoms with E-state index in [1.165, 1.54) is 11.3 Å². The largest absolute Gasteiger partial charge is 0.493 e. The number of hydrogen-bond donors (Lipinski definition) is 4. The van der Waals surface area contributed by atoms with Gasteiger partial charge in [-0.05, 0) is 42.0 Å². The zero-order valence-corrected chi connectivity index (χ0v) is 21.5. The maximum Gasteiger partial charge on any atom is 0.251 e. The fraction of sp³-hybridized carbons (Fsp3) is 0.222. The van der Waals surface area contributed by atoms with Crippen molar-refractivity contribution in [2.75, 3.05) is 32.7 Å². The maximum absolute atomic E-state index is 12.2. The molecule has 4 N–H and O–H groups in total. The lowest BCUT2D eigenvalue weighted by molar-refractivity contribution is 0.0540. The minimum absolute atomic E-state index is 0.146. The molecule has 4 rings (SSSR count). The zero-order chi connectivity index (χ0) is 27.1. The predicted octanol–water partition coefficient (Wildman–Crippen LogP) is 3.46. The molecular formula is C27H26N4O6S. The lowest BCUT2D eigenvalue weighted by Crippen LogP contribution is -2.31. The molecule has 3 aromatic carbocycles. The summed E-state index contributed by atoms with van der Waals surface area (Å²) in [7, 11) is 3.10. The van der Waals surface area contributed by atoms with Crippen molar-refractivity contribution < 1.29 is 29.2 Å². The van der Waals surface area contributed by atoms with E-state index in [0.29, 0.717) is 44.6 Å². The monoisotopic (exact) mass is 534 g/mol. The Morgan fingerprint density at radius 1 is 1.08 bits per heavy atom. The molecule has 1 heterocycles. The molecule has 2 atom stereocenters. The number of nitrogens with zero attached hydrogens (tertiary/aromatic N) is 2. The molecule has 1 aromatic heterocycles. The van der Waals surface area contributed by atoms with Crippen LogP contribution in [0.2, 0.25) is 0 Å². The first kappa shape index (κ1) is 26.7. The van der Waals surface area contributed by atoms with Crippen molar-refractivity contribution in [1.82, 2.24) is 10.3 Å². The van der Waals surface area contributed by atoms with Crippen molar-refractivity contribution in [3.05, 3.63) is 77.4 Å². The van der Waals surface area contributed by atoms with Gasteiger partial charge < -0.3 is 35.1 Å². The number of aliphatic hydroxyl groups is 2. The Morgan fingerprint density at radius 3 is 2.39 bits per heavy atom.